The summed E-state index contributed by atoms with van der Waals surface area (Å²) in [7, 11) is 0. The van der Waals surface area contributed by atoms with Crippen molar-refractivity contribution >= 4 is 44.3 Å². The first kappa shape index (κ1) is 32.7. The first-order valence-electron chi connectivity index (χ1n) is 18.2. The molecule has 5 aromatic carbocycles. The fourth-order valence-electron chi connectivity index (χ4n) is 7.36. The number of hydrogen-bond donors (Lipinski definition) is 0. The van der Waals surface area contributed by atoms with Crippen molar-refractivity contribution in [1.82, 2.24) is 0 Å². The molecule has 2 heteroatoms. The average molecular weight is 643 g/mol. The summed E-state index contributed by atoms with van der Waals surface area (Å²) in [6, 6.07) is 34.4. The van der Waals surface area contributed by atoms with Crippen molar-refractivity contribution in [3.05, 3.63) is 156 Å². The summed E-state index contributed by atoms with van der Waals surface area (Å²) >= 11 is 0. The molecule has 0 saturated carbocycles. The third kappa shape index (κ3) is 6.26. The standard InChI is InChI=1S/C47H50N2/c1-31(2)36-22-27-43-44(29-36)46(48(38-14-10-8-11-15-38)40-23-18-33(5)19-24-40)42-26-21-37(32(3)4)30-45(42)47(43)49(39-16-12-9-13-17-39)41-25-20-34(6)35(7)28-41/h8-12,14-16,18-32,34-35H,13,17H2,1-7H3. The van der Waals surface area contributed by atoms with Gasteiger partial charge in [0, 0.05) is 44.3 Å². The SMILES string of the molecule is Cc1ccc(N(c2ccccc2)c2c3ccc(C(C)C)cc3c(N(C3=CC(C)C(C)C=C3)C3=CC=CCC3)c3ccc(C(C)C)cc23)cc1. The van der Waals surface area contributed by atoms with Gasteiger partial charge in [0.2, 0.25) is 0 Å². The van der Waals surface area contributed by atoms with Gasteiger partial charge in [0.05, 0.1) is 11.4 Å². The van der Waals surface area contributed by atoms with Gasteiger partial charge in [-0.2, -0.15) is 0 Å². The lowest BCUT2D eigenvalue weighted by Gasteiger charge is -2.36. The highest BCUT2D eigenvalue weighted by Crippen LogP contribution is 2.51. The van der Waals surface area contributed by atoms with Crippen LogP contribution in [0.1, 0.15) is 82.9 Å². The van der Waals surface area contributed by atoms with Gasteiger partial charge in [0.1, 0.15) is 0 Å². The Morgan fingerprint density at radius 1 is 0.633 bits per heavy atom. The summed E-state index contributed by atoms with van der Waals surface area (Å²) in [5, 5.41) is 5.09. The topological polar surface area (TPSA) is 6.48 Å². The maximum Gasteiger partial charge on any atom is 0.0620 e. The zero-order valence-corrected chi connectivity index (χ0v) is 30.2. The van der Waals surface area contributed by atoms with Crippen molar-refractivity contribution in [2.45, 2.75) is 73.1 Å². The highest BCUT2D eigenvalue weighted by Gasteiger charge is 2.28. The van der Waals surface area contributed by atoms with E-state index in [0.717, 1.165) is 24.2 Å². The molecule has 2 unspecified atom stereocenters. The molecule has 0 aromatic heterocycles. The molecular formula is C47H50N2. The second-order valence-electron chi connectivity index (χ2n) is 14.8. The van der Waals surface area contributed by atoms with E-state index in [2.05, 4.69) is 186 Å². The Bertz CT molecular complexity index is 2110. The minimum atomic E-state index is 0.401. The molecule has 49 heavy (non-hydrogen) atoms. The molecule has 0 aliphatic heterocycles. The van der Waals surface area contributed by atoms with Crippen LogP contribution in [-0.2, 0) is 0 Å². The maximum atomic E-state index is 2.61. The van der Waals surface area contributed by atoms with Crippen molar-refractivity contribution in [3.63, 3.8) is 0 Å². The second kappa shape index (κ2) is 13.6. The highest BCUT2D eigenvalue weighted by atomic mass is 15.2. The number of nitrogens with zero attached hydrogens (tertiary/aromatic N) is 2. The van der Waals surface area contributed by atoms with Gasteiger partial charge in [-0.15, -0.1) is 0 Å². The molecule has 0 saturated heterocycles. The van der Waals surface area contributed by atoms with Crippen molar-refractivity contribution in [1.29, 1.82) is 0 Å². The molecule has 0 fully saturated rings. The monoisotopic (exact) mass is 642 g/mol. The Hall–Kier alpha value is -4.82. The lowest BCUT2D eigenvalue weighted by Crippen LogP contribution is -2.25. The number of aryl methyl sites for hydroxylation is 1. The van der Waals surface area contributed by atoms with Crippen LogP contribution in [0.25, 0.3) is 21.5 Å². The number of benzene rings is 5. The largest absolute Gasteiger partial charge is 0.313 e. The molecule has 0 heterocycles. The van der Waals surface area contributed by atoms with Crippen LogP contribution in [0.15, 0.2) is 139 Å². The van der Waals surface area contributed by atoms with Crippen molar-refractivity contribution in [2.75, 3.05) is 9.80 Å². The van der Waals surface area contributed by atoms with Crippen LogP contribution < -0.4 is 9.80 Å². The van der Waals surface area contributed by atoms with Crippen LogP contribution in [0.3, 0.4) is 0 Å². The van der Waals surface area contributed by atoms with Crippen LogP contribution in [0.2, 0.25) is 0 Å². The van der Waals surface area contributed by atoms with Gasteiger partial charge < -0.3 is 9.80 Å². The van der Waals surface area contributed by atoms with Gasteiger partial charge in [-0.3, -0.25) is 0 Å². The third-order valence-electron chi connectivity index (χ3n) is 10.6. The Balaban J connectivity index is 1.66. The summed E-state index contributed by atoms with van der Waals surface area (Å²) in [5.74, 6) is 1.77. The lowest BCUT2D eigenvalue weighted by molar-refractivity contribution is 0.546. The number of rotatable bonds is 8. The summed E-state index contributed by atoms with van der Waals surface area (Å²) in [5.41, 5.74) is 11.4. The smallest absolute Gasteiger partial charge is 0.0620 e. The molecule has 0 amide bonds. The van der Waals surface area contributed by atoms with Crippen LogP contribution >= 0.6 is 0 Å². The lowest BCUT2D eigenvalue weighted by atomic mass is 9.88. The Morgan fingerprint density at radius 2 is 1.22 bits per heavy atom. The molecule has 2 aliphatic carbocycles. The van der Waals surface area contributed by atoms with Crippen LogP contribution in [-0.4, -0.2) is 0 Å². The summed E-state index contributed by atoms with van der Waals surface area (Å²) in [4.78, 5) is 5.10. The van der Waals surface area contributed by atoms with Crippen molar-refractivity contribution in [3.8, 4) is 0 Å². The minimum absolute atomic E-state index is 0.401. The van der Waals surface area contributed by atoms with Crippen molar-refractivity contribution < 1.29 is 0 Å². The van der Waals surface area contributed by atoms with Gasteiger partial charge in [0.15, 0.2) is 0 Å². The van der Waals surface area contributed by atoms with E-state index in [-0.39, 0.29) is 0 Å². The van der Waals surface area contributed by atoms with Crippen LogP contribution in [0.5, 0.6) is 0 Å². The van der Waals surface area contributed by atoms with E-state index in [9.17, 15) is 0 Å². The first-order valence-corrected chi connectivity index (χ1v) is 18.2. The minimum Gasteiger partial charge on any atom is -0.313 e. The fraction of sp³-hybridized carbons (Fsp3) is 0.277. The molecule has 2 aliphatic rings. The molecular weight excluding hydrogens is 593 g/mol. The normalized spacial score (nSPS) is 17.6. The molecule has 2 atom stereocenters. The number of allylic oxidation sites excluding steroid dienone is 7. The predicted molar refractivity (Wildman–Crippen MR) is 214 cm³/mol. The second-order valence-corrected chi connectivity index (χ2v) is 14.8. The van der Waals surface area contributed by atoms with Gasteiger partial charge in [-0.1, -0.05) is 126 Å². The number of anilines is 4. The molecule has 0 spiro atoms. The molecule has 7 rings (SSSR count). The van der Waals surface area contributed by atoms with Gasteiger partial charge in [0.25, 0.3) is 0 Å². The van der Waals surface area contributed by atoms with Gasteiger partial charge >= 0.3 is 0 Å². The molecule has 0 N–H and O–H groups in total. The molecule has 0 bridgehead atoms. The van der Waals surface area contributed by atoms with E-state index in [1.807, 2.05) is 0 Å². The van der Waals surface area contributed by atoms with E-state index in [0.29, 0.717) is 23.7 Å². The third-order valence-corrected chi connectivity index (χ3v) is 10.6. The maximum absolute atomic E-state index is 2.61. The van der Waals surface area contributed by atoms with E-state index in [1.165, 1.54) is 61.0 Å². The van der Waals surface area contributed by atoms with E-state index >= 15 is 0 Å². The quantitative estimate of drug-likeness (QED) is 0.123. The number of hydrogen-bond acceptors (Lipinski definition) is 2. The van der Waals surface area contributed by atoms with E-state index in [4.69, 9.17) is 0 Å². The average Bonchev–Trinajstić information content (AvgIpc) is 3.12. The summed E-state index contributed by atoms with van der Waals surface area (Å²) < 4.78 is 0. The van der Waals surface area contributed by atoms with E-state index in [1.54, 1.807) is 0 Å². The summed E-state index contributed by atoms with van der Waals surface area (Å²) in [6.07, 6.45) is 16.2. The molecule has 0 radical (unpaired) electrons. The molecule has 2 nitrogen and oxygen atoms in total. The van der Waals surface area contributed by atoms with Crippen LogP contribution in [0.4, 0.5) is 22.7 Å². The molecule has 248 valence electrons. The number of para-hydroxylation sites is 1. The Kier molecular flexibility index (Phi) is 9.07. The predicted octanol–water partition coefficient (Wildman–Crippen LogP) is 13.8. The van der Waals surface area contributed by atoms with Gasteiger partial charge in [-0.05, 0) is 103 Å². The number of fused-ring (bicyclic) bond motifs is 2. The van der Waals surface area contributed by atoms with Gasteiger partial charge in [-0.25, -0.2) is 0 Å². The Morgan fingerprint density at radius 3 is 1.78 bits per heavy atom. The first-order chi connectivity index (χ1) is 23.7. The zero-order chi connectivity index (χ0) is 34.2. The molecule has 5 aromatic rings. The fourth-order valence-corrected chi connectivity index (χ4v) is 7.36. The Labute approximate surface area is 293 Å². The van der Waals surface area contributed by atoms with Crippen LogP contribution in [0, 0.1) is 18.8 Å². The highest BCUT2D eigenvalue weighted by molar-refractivity contribution is 6.22. The van der Waals surface area contributed by atoms with Crippen molar-refractivity contribution in [2.24, 2.45) is 11.8 Å². The zero-order valence-electron chi connectivity index (χ0n) is 30.2. The summed E-state index contributed by atoms with van der Waals surface area (Å²) in [6.45, 7) is 16.1. The van der Waals surface area contributed by atoms with E-state index < -0.39 is 0 Å².